The second-order valence-electron chi connectivity index (χ2n) is 6.08. The van der Waals surface area contributed by atoms with Crippen molar-refractivity contribution in [2.45, 2.75) is 30.4 Å². The fourth-order valence-electron chi connectivity index (χ4n) is 2.93. The summed E-state index contributed by atoms with van der Waals surface area (Å²) in [4.78, 5) is 3.87. The third-order valence-corrected chi connectivity index (χ3v) is 6.80. The van der Waals surface area contributed by atoms with Crippen LogP contribution in [0.15, 0.2) is 52.7 Å². The Balaban J connectivity index is 1.64. The van der Waals surface area contributed by atoms with Crippen molar-refractivity contribution in [3.8, 4) is 0 Å². The summed E-state index contributed by atoms with van der Waals surface area (Å²) in [5, 5.41) is 2.06. The van der Waals surface area contributed by atoms with E-state index in [2.05, 4.69) is 16.3 Å². The van der Waals surface area contributed by atoms with Crippen LogP contribution in [-0.2, 0) is 21.1 Å². The predicted molar refractivity (Wildman–Crippen MR) is 97.1 cm³/mol. The van der Waals surface area contributed by atoms with Crippen LogP contribution in [0.2, 0.25) is 0 Å². The van der Waals surface area contributed by atoms with Crippen LogP contribution in [0, 0.1) is 0 Å². The molecule has 24 heavy (non-hydrogen) atoms. The van der Waals surface area contributed by atoms with Gasteiger partial charge >= 0.3 is 0 Å². The van der Waals surface area contributed by atoms with Gasteiger partial charge in [-0.15, -0.1) is 11.3 Å². The molecule has 0 amide bonds. The van der Waals surface area contributed by atoms with E-state index in [1.54, 1.807) is 35.6 Å². The molecule has 2 heterocycles. The summed E-state index contributed by atoms with van der Waals surface area (Å²) < 4.78 is 30.8. The van der Waals surface area contributed by atoms with E-state index in [0.29, 0.717) is 11.4 Å². The zero-order valence-corrected chi connectivity index (χ0v) is 15.3. The molecule has 2 aromatic rings. The van der Waals surface area contributed by atoms with Gasteiger partial charge in [0.1, 0.15) is 0 Å². The largest absolute Gasteiger partial charge is 0.377 e. The van der Waals surface area contributed by atoms with Crippen LogP contribution in [0.3, 0.4) is 0 Å². The molecule has 1 atom stereocenters. The van der Waals surface area contributed by atoms with E-state index in [1.165, 1.54) is 4.88 Å². The molecule has 4 nitrogen and oxygen atoms in total. The molecular weight excluding hydrogens is 342 g/mol. The molecule has 3 rings (SSSR count). The van der Waals surface area contributed by atoms with Crippen molar-refractivity contribution in [3.63, 3.8) is 0 Å². The van der Waals surface area contributed by atoms with E-state index in [0.717, 1.165) is 32.5 Å². The Morgan fingerprint density at radius 2 is 2.00 bits per heavy atom. The molecule has 0 spiro atoms. The Morgan fingerprint density at radius 1 is 1.17 bits per heavy atom. The van der Waals surface area contributed by atoms with E-state index < -0.39 is 9.84 Å². The van der Waals surface area contributed by atoms with E-state index in [9.17, 15) is 8.42 Å². The summed E-state index contributed by atoms with van der Waals surface area (Å²) in [6.07, 6.45) is 2.39. The number of hydrogen-bond donors (Lipinski definition) is 0. The SMILES string of the molecule is O=S(=O)(CCN(Cc1cccs1)CC1CCCO1)c1ccccc1. The first-order chi connectivity index (χ1) is 11.6. The second-order valence-corrected chi connectivity index (χ2v) is 9.22. The van der Waals surface area contributed by atoms with Gasteiger partial charge in [0.2, 0.25) is 0 Å². The normalized spacial score (nSPS) is 18.3. The highest BCUT2D eigenvalue weighted by molar-refractivity contribution is 7.91. The van der Waals surface area contributed by atoms with Gasteiger partial charge < -0.3 is 4.74 Å². The summed E-state index contributed by atoms with van der Waals surface area (Å²) >= 11 is 1.71. The molecule has 1 aromatic heterocycles. The lowest BCUT2D eigenvalue weighted by atomic mass is 10.2. The Bertz CT molecular complexity index is 708. The van der Waals surface area contributed by atoms with Gasteiger partial charge in [-0.3, -0.25) is 4.90 Å². The van der Waals surface area contributed by atoms with Crippen molar-refractivity contribution < 1.29 is 13.2 Å². The van der Waals surface area contributed by atoms with Crippen LogP contribution in [0.5, 0.6) is 0 Å². The fraction of sp³-hybridized carbons (Fsp3) is 0.444. The van der Waals surface area contributed by atoms with E-state index in [-0.39, 0.29) is 11.9 Å². The first-order valence-corrected chi connectivity index (χ1v) is 10.8. The minimum Gasteiger partial charge on any atom is -0.377 e. The second kappa shape index (κ2) is 8.25. The van der Waals surface area contributed by atoms with Gasteiger partial charge in [-0.05, 0) is 36.4 Å². The van der Waals surface area contributed by atoms with Crippen molar-refractivity contribution in [3.05, 3.63) is 52.7 Å². The summed E-state index contributed by atoms with van der Waals surface area (Å²) in [6, 6.07) is 12.8. The van der Waals surface area contributed by atoms with Gasteiger partial charge in [0.05, 0.1) is 16.8 Å². The van der Waals surface area contributed by atoms with Crippen molar-refractivity contribution in [1.29, 1.82) is 0 Å². The number of thiophene rings is 1. The lowest BCUT2D eigenvalue weighted by molar-refractivity contribution is 0.0730. The van der Waals surface area contributed by atoms with Crippen LogP contribution in [0.1, 0.15) is 17.7 Å². The zero-order valence-electron chi connectivity index (χ0n) is 13.6. The van der Waals surface area contributed by atoms with E-state index >= 15 is 0 Å². The van der Waals surface area contributed by atoms with Gasteiger partial charge in [-0.2, -0.15) is 0 Å². The molecule has 130 valence electrons. The molecule has 1 saturated heterocycles. The number of hydrogen-bond acceptors (Lipinski definition) is 5. The number of sulfone groups is 1. The first kappa shape index (κ1) is 17.6. The Kier molecular flexibility index (Phi) is 6.05. The maximum absolute atomic E-state index is 12.5. The third-order valence-electron chi connectivity index (χ3n) is 4.22. The Labute approximate surface area is 148 Å². The van der Waals surface area contributed by atoms with Gasteiger partial charge in [0, 0.05) is 31.1 Å². The van der Waals surface area contributed by atoms with Crippen molar-refractivity contribution in [2.75, 3.05) is 25.4 Å². The average molecular weight is 366 g/mol. The average Bonchev–Trinajstić information content (AvgIpc) is 3.27. The predicted octanol–water partition coefficient (Wildman–Crippen LogP) is 3.20. The molecule has 1 unspecified atom stereocenters. The molecular formula is C18H23NO3S2. The standard InChI is InChI=1S/C18H23NO3S2/c20-24(21,18-8-2-1-3-9-18)13-10-19(14-16-6-4-11-22-16)15-17-7-5-12-23-17/h1-3,5,7-9,12,16H,4,6,10-11,13-15H2. The number of rotatable bonds is 8. The molecule has 0 N–H and O–H groups in total. The smallest absolute Gasteiger partial charge is 0.179 e. The molecule has 1 aromatic carbocycles. The monoisotopic (exact) mass is 365 g/mol. The van der Waals surface area contributed by atoms with Crippen LogP contribution >= 0.6 is 11.3 Å². The summed E-state index contributed by atoms with van der Waals surface area (Å²) in [5.41, 5.74) is 0. The van der Waals surface area contributed by atoms with Crippen molar-refractivity contribution >= 4 is 21.2 Å². The quantitative estimate of drug-likeness (QED) is 0.721. The van der Waals surface area contributed by atoms with Crippen LogP contribution < -0.4 is 0 Å². The minimum absolute atomic E-state index is 0.134. The van der Waals surface area contributed by atoms with Crippen LogP contribution in [0.4, 0.5) is 0 Å². The van der Waals surface area contributed by atoms with E-state index in [4.69, 9.17) is 4.74 Å². The highest BCUT2D eigenvalue weighted by atomic mass is 32.2. The number of benzene rings is 1. The molecule has 0 bridgehead atoms. The zero-order chi connectivity index (χ0) is 16.8. The summed E-state index contributed by atoms with van der Waals surface area (Å²) in [7, 11) is -3.25. The lowest BCUT2D eigenvalue weighted by Gasteiger charge is -2.24. The number of nitrogens with zero attached hydrogens (tertiary/aromatic N) is 1. The minimum atomic E-state index is -3.25. The first-order valence-electron chi connectivity index (χ1n) is 8.28. The highest BCUT2D eigenvalue weighted by Gasteiger charge is 2.22. The van der Waals surface area contributed by atoms with Gasteiger partial charge in [0.25, 0.3) is 0 Å². The molecule has 1 aliphatic heterocycles. The van der Waals surface area contributed by atoms with Crippen molar-refractivity contribution in [2.24, 2.45) is 0 Å². The maximum Gasteiger partial charge on any atom is 0.179 e. The molecule has 1 aliphatic rings. The van der Waals surface area contributed by atoms with Crippen LogP contribution in [0.25, 0.3) is 0 Å². The molecule has 6 heteroatoms. The van der Waals surface area contributed by atoms with E-state index in [1.807, 2.05) is 12.1 Å². The molecule has 0 aliphatic carbocycles. The van der Waals surface area contributed by atoms with Gasteiger partial charge in [0.15, 0.2) is 9.84 Å². The van der Waals surface area contributed by atoms with Gasteiger partial charge in [-0.25, -0.2) is 8.42 Å². The summed E-state index contributed by atoms with van der Waals surface area (Å²) in [5.74, 6) is 0.134. The topological polar surface area (TPSA) is 46.6 Å². The highest BCUT2D eigenvalue weighted by Crippen LogP contribution is 2.18. The molecule has 0 radical (unpaired) electrons. The lowest BCUT2D eigenvalue weighted by Crippen LogP contribution is -2.35. The van der Waals surface area contributed by atoms with Crippen molar-refractivity contribution in [1.82, 2.24) is 4.90 Å². The Morgan fingerprint density at radius 3 is 2.67 bits per heavy atom. The van der Waals surface area contributed by atoms with Crippen LogP contribution in [-0.4, -0.2) is 44.9 Å². The summed E-state index contributed by atoms with van der Waals surface area (Å²) in [6.45, 7) is 2.92. The fourth-order valence-corrected chi connectivity index (χ4v) is 4.98. The third kappa shape index (κ3) is 4.89. The Hall–Kier alpha value is -1.21. The maximum atomic E-state index is 12.5. The molecule has 1 fully saturated rings. The number of ether oxygens (including phenoxy) is 1. The van der Waals surface area contributed by atoms with Gasteiger partial charge in [-0.1, -0.05) is 24.3 Å². The molecule has 0 saturated carbocycles.